The van der Waals surface area contributed by atoms with Crippen molar-refractivity contribution in [1.29, 1.82) is 0 Å². The molecule has 0 aliphatic heterocycles. The van der Waals surface area contributed by atoms with Gasteiger partial charge in [-0.15, -0.1) is 0 Å². The number of hydrogen-bond donors (Lipinski definition) is 1. The van der Waals surface area contributed by atoms with Crippen LogP contribution >= 0.6 is 15.9 Å². The normalized spacial score (nSPS) is 11.9. The average Bonchev–Trinajstić information content (AvgIpc) is 2.29. The number of halogens is 1. The standard InChI is InChI=1S/C12H16BrNO2/c1-9(14-12(15)6-7-13)10-4-3-5-11(8-10)16-2/h3-5,8-9H,6-7H2,1-2H3,(H,14,15)/t9-/m1/s1. The van der Waals surface area contributed by atoms with Gasteiger partial charge in [-0.3, -0.25) is 4.79 Å². The molecule has 3 nitrogen and oxygen atoms in total. The lowest BCUT2D eigenvalue weighted by Gasteiger charge is -2.14. The summed E-state index contributed by atoms with van der Waals surface area (Å²) < 4.78 is 5.14. The minimum atomic E-state index is 0.00153. The molecule has 0 radical (unpaired) electrons. The molecule has 16 heavy (non-hydrogen) atoms. The van der Waals surface area contributed by atoms with Gasteiger partial charge < -0.3 is 10.1 Å². The Morgan fingerprint density at radius 3 is 2.94 bits per heavy atom. The second kappa shape index (κ2) is 6.53. The molecule has 0 unspecified atom stereocenters. The van der Waals surface area contributed by atoms with E-state index in [0.29, 0.717) is 11.8 Å². The lowest BCUT2D eigenvalue weighted by molar-refractivity contribution is -0.121. The molecule has 0 aliphatic rings. The van der Waals surface area contributed by atoms with E-state index < -0.39 is 0 Å². The molecule has 4 heteroatoms. The Morgan fingerprint density at radius 1 is 1.56 bits per heavy atom. The first-order chi connectivity index (χ1) is 7.67. The van der Waals surface area contributed by atoms with E-state index in [1.165, 1.54) is 0 Å². The third kappa shape index (κ3) is 3.85. The zero-order valence-electron chi connectivity index (χ0n) is 9.50. The molecule has 1 aromatic rings. The van der Waals surface area contributed by atoms with E-state index >= 15 is 0 Å². The van der Waals surface area contributed by atoms with E-state index in [1.807, 2.05) is 31.2 Å². The van der Waals surface area contributed by atoms with Crippen molar-refractivity contribution in [2.75, 3.05) is 12.4 Å². The first-order valence-corrected chi connectivity index (χ1v) is 6.28. The third-order valence-electron chi connectivity index (χ3n) is 2.29. The predicted octanol–water partition coefficient (Wildman–Crippen LogP) is 2.66. The summed E-state index contributed by atoms with van der Waals surface area (Å²) in [5.74, 6) is 0.853. The molecule has 0 aliphatic carbocycles. The molecular weight excluding hydrogens is 270 g/mol. The highest BCUT2D eigenvalue weighted by atomic mass is 79.9. The van der Waals surface area contributed by atoms with E-state index in [-0.39, 0.29) is 11.9 Å². The summed E-state index contributed by atoms with van der Waals surface area (Å²) >= 11 is 3.24. The van der Waals surface area contributed by atoms with Crippen molar-refractivity contribution in [2.45, 2.75) is 19.4 Å². The zero-order chi connectivity index (χ0) is 12.0. The Balaban J connectivity index is 2.64. The van der Waals surface area contributed by atoms with Gasteiger partial charge in [-0.05, 0) is 24.6 Å². The van der Waals surface area contributed by atoms with Crippen molar-refractivity contribution in [3.63, 3.8) is 0 Å². The Hall–Kier alpha value is -1.03. The summed E-state index contributed by atoms with van der Waals surface area (Å²) in [4.78, 5) is 11.4. The highest BCUT2D eigenvalue weighted by Gasteiger charge is 2.09. The van der Waals surface area contributed by atoms with E-state index in [0.717, 1.165) is 11.3 Å². The van der Waals surface area contributed by atoms with Crippen LogP contribution < -0.4 is 10.1 Å². The van der Waals surface area contributed by atoms with E-state index in [1.54, 1.807) is 7.11 Å². The van der Waals surface area contributed by atoms with Crippen LogP contribution in [-0.4, -0.2) is 18.3 Å². The molecule has 0 heterocycles. The number of carbonyl (C=O) groups excluding carboxylic acids is 1. The number of nitrogens with one attached hydrogen (secondary N) is 1. The maximum absolute atomic E-state index is 11.4. The fourth-order valence-electron chi connectivity index (χ4n) is 1.39. The van der Waals surface area contributed by atoms with Crippen LogP contribution in [0.25, 0.3) is 0 Å². The van der Waals surface area contributed by atoms with Crippen LogP contribution in [0.2, 0.25) is 0 Å². The van der Waals surface area contributed by atoms with Crippen LogP contribution in [0.15, 0.2) is 24.3 Å². The predicted molar refractivity (Wildman–Crippen MR) is 68.0 cm³/mol. The highest BCUT2D eigenvalue weighted by Crippen LogP contribution is 2.18. The van der Waals surface area contributed by atoms with Crippen LogP contribution in [-0.2, 0) is 4.79 Å². The molecule has 1 aromatic carbocycles. The van der Waals surface area contributed by atoms with Crippen molar-refractivity contribution < 1.29 is 9.53 Å². The molecule has 1 amide bonds. The van der Waals surface area contributed by atoms with Crippen molar-refractivity contribution in [3.05, 3.63) is 29.8 Å². The first-order valence-electron chi connectivity index (χ1n) is 5.16. The largest absolute Gasteiger partial charge is 0.497 e. The Labute approximate surface area is 104 Å². The minimum Gasteiger partial charge on any atom is -0.497 e. The molecule has 0 saturated heterocycles. The number of rotatable bonds is 5. The van der Waals surface area contributed by atoms with Gasteiger partial charge in [0.1, 0.15) is 5.75 Å². The molecule has 0 spiro atoms. The van der Waals surface area contributed by atoms with Gasteiger partial charge in [0.15, 0.2) is 0 Å². The molecule has 1 atom stereocenters. The summed E-state index contributed by atoms with van der Waals surface area (Å²) in [6, 6.07) is 7.71. The van der Waals surface area contributed by atoms with Gasteiger partial charge >= 0.3 is 0 Å². The van der Waals surface area contributed by atoms with E-state index in [4.69, 9.17) is 4.74 Å². The number of alkyl halides is 1. The van der Waals surface area contributed by atoms with Crippen molar-refractivity contribution in [1.82, 2.24) is 5.32 Å². The number of hydrogen-bond acceptors (Lipinski definition) is 2. The van der Waals surface area contributed by atoms with Crippen LogP contribution in [0, 0.1) is 0 Å². The molecule has 0 aromatic heterocycles. The maximum Gasteiger partial charge on any atom is 0.221 e. The minimum absolute atomic E-state index is 0.00153. The van der Waals surface area contributed by atoms with Gasteiger partial charge in [0.05, 0.1) is 13.2 Å². The highest BCUT2D eigenvalue weighted by molar-refractivity contribution is 9.09. The Morgan fingerprint density at radius 2 is 2.31 bits per heavy atom. The Kier molecular flexibility index (Phi) is 5.32. The summed E-state index contributed by atoms with van der Waals surface area (Å²) in [6.45, 7) is 1.96. The summed E-state index contributed by atoms with van der Waals surface area (Å²) in [6.07, 6.45) is 0.494. The lowest BCUT2D eigenvalue weighted by Crippen LogP contribution is -2.26. The van der Waals surface area contributed by atoms with Gasteiger partial charge in [-0.1, -0.05) is 28.1 Å². The number of benzene rings is 1. The van der Waals surface area contributed by atoms with Gasteiger partial charge in [-0.25, -0.2) is 0 Å². The van der Waals surface area contributed by atoms with Crippen LogP contribution in [0.1, 0.15) is 24.9 Å². The fourth-order valence-corrected chi connectivity index (χ4v) is 1.75. The Bertz CT molecular complexity index is 355. The first kappa shape index (κ1) is 13.0. The lowest BCUT2D eigenvalue weighted by atomic mass is 10.1. The summed E-state index contributed by atoms with van der Waals surface area (Å²) in [5, 5.41) is 3.61. The second-order valence-corrected chi connectivity index (χ2v) is 4.30. The number of ether oxygens (including phenoxy) is 1. The van der Waals surface area contributed by atoms with Crippen molar-refractivity contribution in [3.8, 4) is 5.75 Å². The molecule has 0 fully saturated rings. The molecule has 1 N–H and O–H groups in total. The molecule has 0 saturated carbocycles. The van der Waals surface area contributed by atoms with Gasteiger partial charge in [0.25, 0.3) is 0 Å². The number of amides is 1. The fraction of sp³-hybridized carbons (Fsp3) is 0.417. The second-order valence-electron chi connectivity index (χ2n) is 3.50. The molecule has 0 bridgehead atoms. The van der Waals surface area contributed by atoms with Crippen molar-refractivity contribution >= 4 is 21.8 Å². The zero-order valence-corrected chi connectivity index (χ0v) is 11.1. The molecule has 88 valence electrons. The van der Waals surface area contributed by atoms with E-state index in [2.05, 4.69) is 21.2 Å². The summed E-state index contributed by atoms with van der Waals surface area (Å²) in [5.41, 5.74) is 1.04. The quantitative estimate of drug-likeness (QED) is 0.845. The number of methoxy groups -OCH3 is 1. The smallest absolute Gasteiger partial charge is 0.221 e. The average molecular weight is 286 g/mol. The third-order valence-corrected chi connectivity index (χ3v) is 2.69. The van der Waals surface area contributed by atoms with Gasteiger partial charge in [-0.2, -0.15) is 0 Å². The number of carbonyl (C=O) groups is 1. The topological polar surface area (TPSA) is 38.3 Å². The van der Waals surface area contributed by atoms with Crippen LogP contribution in [0.3, 0.4) is 0 Å². The monoisotopic (exact) mass is 285 g/mol. The van der Waals surface area contributed by atoms with Crippen LogP contribution in [0.5, 0.6) is 5.75 Å². The van der Waals surface area contributed by atoms with Gasteiger partial charge in [0.2, 0.25) is 5.91 Å². The van der Waals surface area contributed by atoms with Crippen molar-refractivity contribution in [2.24, 2.45) is 0 Å². The maximum atomic E-state index is 11.4. The van der Waals surface area contributed by atoms with Crippen LogP contribution in [0.4, 0.5) is 0 Å². The van der Waals surface area contributed by atoms with Gasteiger partial charge in [0, 0.05) is 11.8 Å². The summed E-state index contributed by atoms with van der Waals surface area (Å²) in [7, 11) is 1.63. The molecular formula is C12H16BrNO2. The SMILES string of the molecule is COc1cccc([C@@H](C)NC(=O)CCBr)c1. The van der Waals surface area contributed by atoms with E-state index in [9.17, 15) is 4.79 Å². The molecule has 1 rings (SSSR count).